The van der Waals surface area contributed by atoms with E-state index in [2.05, 4.69) is 26.2 Å². The Morgan fingerprint density at radius 3 is 2.67 bits per heavy atom. The second-order valence-corrected chi connectivity index (χ2v) is 4.75. The normalized spacial score (nSPS) is 15.3. The van der Waals surface area contributed by atoms with E-state index in [9.17, 15) is 13.2 Å². The Hall–Kier alpha value is -0.860. The van der Waals surface area contributed by atoms with Gasteiger partial charge in [0.05, 0.1) is 11.7 Å². The molecule has 0 aliphatic rings. The fourth-order valence-electron chi connectivity index (χ4n) is 1.18. The molecule has 1 aromatic heterocycles. The molecule has 8 heteroatoms. The summed E-state index contributed by atoms with van der Waals surface area (Å²) in [7, 11) is 0. The average Bonchev–Trinajstić information content (AvgIpc) is 2.25. The Bertz CT molecular complexity index is 412. The summed E-state index contributed by atoms with van der Waals surface area (Å²) in [5.41, 5.74) is 4.64. The van der Waals surface area contributed by atoms with Crippen molar-refractivity contribution in [2.75, 3.05) is 11.9 Å². The molecule has 102 valence electrons. The van der Waals surface area contributed by atoms with Crippen molar-refractivity contribution in [2.45, 2.75) is 25.2 Å². The van der Waals surface area contributed by atoms with E-state index in [1.54, 1.807) is 0 Å². The summed E-state index contributed by atoms with van der Waals surface area (Å²) in [6.07, 6.45) is -4.07. The smallest absolute Gasteiger partial charge is 0.392 e. The van der Waals surface area contributed by atoms with E-state index in [0.717, 1.165) is 6.07 Å². The van der Waals surface area contributed by atoms with Crippen LogP contribution in [0, 0.1) is 0 Å². The number of nitrogens with two attached hydrogens (primary N) is 1. The maximum absolute atomic E-state index is 12.7. The molecule has 0 aliphatic carbocycles. The Morgan fingerprint density at radius 2 is 2.17 bits per heavy atom. The zero-order valence-corrected chi connectivity index (χ0v) is 11.1. The molecule has 0 bridgehead atoms. The van der Waals surface area contributed by atoms with Gasteiger partial charge in [-0.05, 0) is 28.9 Å². The molecule has 4 N–H and O–H groups in total. The number of aliphatic hydroxyl groups is 1. The first-order chi connectivity index (χ1) is 8.21. The second-order valence-electron chi connectivity index (χ2n) is 3.83. The van der Waals surface area contributed by atoms with Crippen molar-refractivity contribution in [3.8, 4) is 0 Å². The highest BCUT2D eigenvalue weighted by molar-refractivity contribution is 9.10. The van der Waals surface area contributed by atoms with E-state index in [1.165, 1.54) is 13.1 Å². The van der Waals surface area contributed by atoms with Crippen LogP contribution in [0.15, 0.2) is 16.7 Å². The first-order valence-electron chi connectivity index (χ1n) is 5.12. The molecule has 1 heterocycles. The van der Waals surface area contributed by atoms with Gasteiger partial charge in [-0.1, -0.05) is 0 Å². The molecule has 0 spiro atoms. The largest absolute Gasteiger partial charge is 0.419 e. The highest BCUT2D eigenvalue weighted by atomic mass is 79.9. The van der Waals surface area contributed by atoms with Crippen molar-refractivity contribution in [1.29, 1.82) is 0 Å². The molecule has 1 rings (SSSR count). The highest BCUT2D eigenvalue weighted by Gasteiger charge is 2.34. The van der Waals surface area contributed by atoms with Gasteiger partial charge in [-0.2, -0.15) is 13.2 Å². The van der Waals surface area contributed by atoms with Crippen LogP contribution in [0.25, 0.3) is 0 Å². The Labute approximate surface area is 111 Å². The second kappa shape index (κ2) is 5.85. The van der Waals surface area contributed by atoms with Gasteiger partial charge in [0.25, 0.3) is 0 Å². The van der Waals surface area contributed by atoms with E-state index in [0.29, 0.717) is 0 Å². The average molecular weight is 328 g/mol. The summed E-state index contributed by atoms with van der Waals surface area (Å²) < 4.78 is 38.4. The van der Waals surface area contributed by atoms with Gasteiger partial charge < -0.3 is 16.2 Å². The minimum atomic E-state index is -4.51. The lowest BCUT2D eigenvalue weighted by Gasteiger charge is -2.18. The minimum absolute atomic E-state index is 0.00458. The van der Waals surface area contributed by atoms with Gasteiger partial charge in [0, 0.05) is 23.3 Å². The van der Waals surface area contributed by atoms with Crippen LogP contribution in [0.5, 0.6) is 0 Å². The molecule has 0 fully saturated rings. The van der Waals surface area contributed by atoms with Crippen LogP contribution in [-0.2, 0) is 6.18 Å². The summed E-state index contributed by atoms with van der Waals surface area (Å²) in [5, 5.41) is 11.6. The van der Waals surface area contributed by atoms with Crippen molar-refractivity contribution < 1.29 is 18.3 Å². The number of aliphatic hydroxyl groups excluding tert-OH is 1. The van der Waals surface area contributed by atoms with Gasteiger partial charge in [-0.25, -0.2) is 4.98 Å². The zero-order valence-electron chi connectivity index (χ0n) is 9.50. The molecule has 4 nitrogen and oxygen atoms in total. The van der Waals surface area contributed by atoms with Crippen LogP contribution in [0.3, 0.4) is 0 Å². The van der Waals surface area contributed by atoms with Crippen molar-refractivity contribution in [3.63, 3.8) is 0 Å². The molecular formula is C10H13BrF3N3O. The van der Waals surface area contributed by atoms with Crippen LogP contribution in [0.4, 0.5) is 19.0 Å². The molecule has 0 saturated heterocycles. The van der Waals surface area contributed by atoms with E-state index in [-0.39, 0.29) is 16.8 Å². The monoisotopic (exact) mass is 327 g/mol. The lowest BCUT2D eigenvalue weighted by atomic mass is 10.2. The van der Waals surface area contributed by atoms with E-state index in [1.807, 2.05) is 0 Å². The molecule has 0 amide bonds. The fourth-order valence-corrected chi connectivity index (χ4v) is 1.51. The predicted octanol–water partition coefficient (Wildman–Crippen LogP) is 1.98. The number of aromatic nitrogens is 1. The van der Waals surface area contributed by atoms with Crippen LogP contribution in [0.2, 0.25) is 0 Å². The number of rotatable bonds is 4. The van der Waals surface area contributed by atoms with Crippen molar-refractivity contribution in [3.05, 3.63) is 22.3 Å². The van der Waals surface area contributed by atoms with Gasteiger partial charge in [-0.15, -0.1) is 0 Å². The number of nitrogens with one attached hydrogen (secondary N) is 1. The van der Waals surface area contributed by atoms with Gasteiger partial charge >= 0.3 is 6.18 Å². The molecule has 0 aliphatic heterocycles. The molecule has 0 radical (unpaired) electrons. The van der Waals surface area contributed by atoms with Gasteiger partial charge in [0.15, 0.2) is 0 Å². The quantitative estimate of drug-likeness (QED) is 0.790. The number of pyridine rings is 1. The third-order valence-corrected chi connectivity index (χ3v) is 2.72. The summed E-state index contributed by atoms with van der Waals surface area (Å²) in [4.78, 5) is 3.66. The lowest BCUT2D eigenvalue weighted by molar-refractivity contribution is -0.137. The molecular weight excluding hydrogens is 315 g/mol. The molecule has 18 heavy (non-hydrogen) atoms. The topological polar surface area (TPSA) is 71.2 Å². The summed E-state index contributed by atoms with van der Waals surface area (Å²) in [5.74, 6) is -0.304. The van der Waals surface area contributed by atoms with Crippen molar-refractivity contribution in [2.24, 2.45) is 5.73 Å². The van der Waals surface area contributed by atoms with Crippen LogP contribution in [-0.4, -0.2) is 28.8 Å². The van der Waals surface area contributed by atoms with E-state index >= 15 is 0 Å². The first kappa shape index (κ1) is 15.2. The number of hydrogen-bond acceptors (Lipinski definition) is 4. The molecule has 0 saturated carbocycles. The fraction of sp³-hybridized carbons (Fsp3) is 0.500. The third-order valence-electron chi connectivity index (χ3n) is 2.28. The number of alkyl halides is 3. The predicted molar refractivity (Wildman–Crippen MR) is 65.1 cm³/mol. The third kappa shape index (κ3) is 4.11. The van der Waals surface area contributed by atoms with Gasteiger partial charge in [-0.3, -0.25) is 0 Å². The Morgan fingerprint density at radius 1 is 1.56 bits per heavy atom. The van der Waals surface area contributed by atoms with Gasteiger partial charge in [0.1, 0.15) is 5.82 Å². The minimum Gasteiger partial charge on any atom is -0.392 e. The number of hydrogen-bond donors (Lipinski definition) is 3. The summed E-state index contributed by atoms with van der Waals surface area (Å²) in [6, 6.07) is 0.264. The Kier molecular flexibility index (Phi) is 4.94. The van der Waals surface area contributed by atoms with Crippen LogP contribution < -0.4 is 11.1 Å². The summed E-state index contributed by atoms with van der Waals surface area (Å²) >= 11 is 2.94. The van der Waals surface area contributed by atoms with E-state index < -0.39 is 23.9 Å². The van der Waals surface area contributed by atoms with Crippen molar-refractivity contribution in [1.82, 2.24) is 4.98 Å². The number of anilines is 1. The maximum atomic E-state index is 12.7. The standard InChI is InChI=1S/C10H13BrF3N3O/c1-5(18)8(15)4-17-9-7(10(12,13)14)2-6(11)3-16-9/h2-3,5,8,18H,4,15H2,1H3,(H,16,17). The van der Waals surface area contributed by atoms with E-state index in [4.69, 9.17) is 10.8 Å². The first-order valence-corrected chi connectivity index (χ1v) is 5.91. The number of nitrogens with zero attached hydrogens (tertiary/aromatic N) is 1. The van der Waals surface area contributed by atoms with Gasteiger partial charge in [0.2, 0.25) is 0 Å². The molecule has 2 unspecified atom stereocenters. The van der Waals surface area contributed by atoms with Crippen LogP contribution >= 0.6 is 15.9 Å². The molecule has 1 aromatic rings. The lowest BCUT2D eigenvalue weighted by Crippen LogP contribution is -2.39. The maximum Gasteiger partial charge on any atom is 0.419 e. The molecule has 2 atom stereocenters. The zero-order chi connectivity index (χ0) is 13.9. The molecule has 0 aromatic carbocycles. The number of halogens is 4. The van der Waals surface area contributed by atoms with Crippen LogP contribution in [0.1, 0.15) is 12.5 Å². The summed E-state index contributed by atoms with van der Waals surface area (Å²) in [6.45, 7) is 1.46. The SMILES string of the molecule is CC(O)C(N)CNc1ncc(Br)cc1C(F)(F)F. The highest BCUT2D eigenvalue weighted by Crippen LogP contribution is 2.35. The van der Waals surface area contributed by atoms with Crippen molar-refractivity contribution >= 4 is 21.7 Å². The Balaban J connectivity index is 2.89.